The van der Waals surface area contributed by atoms with Gasteiger partial charge < -0.3 is 20.1 Å². The molecule has 0 unspecified atom stereocenters. The van der Waals surface area contributed by atoms with Crippen LogP contribution in [0, 0.1) is 5.82 Å². The van der Waals surface area contributed by atoms with Crippen LogP contribution < -0.4 is 15.9 Å². The van der Waals surface area contributed by atoms with Crippen molar-refractivity contribution in [3.05, 3.63) is 39.9 Å². The fourth-order valence-electron chi connectivity index (χ4n) is 2.44. The van der Waals surface area contributed by atoms with E-state index in [0.717, 1.165) is 18.9 Å². The van der Waals surface area contributed by atoms with Crippen LogP contribution in [0.3, 0.4) is 0 Å². The summed E-state index contributed by atoms with van der Waals surface area (Å²) in [6, 6.07) is 2.61. The number of carbonyl (C=O) groups is 1. The second kappa shape index (κ2) is 5.42. The lowest BCUT2D eigenvalue weighted by molar-refractivity contribution is 0.0695. The van der Waals surface area contributed by atoms with Crippen LogP contribution in [0.1, 0.15) is 29.2 Å². The minimum Gasteiger partial charge on any atom is -0.489 e. The number of carboxylic acids is 1. The minimum absolute atomic E-state index is 0.00910. The second-order valence-corrected chi connectivity index (χ2v) is 5.25. The summed E-state index contributed by atoms with van der Waals surface area (Å²) in [5.74, 6) is -2.01. The molecule has 3 rings (SSSR count). The van der Waals surface area contributed by atoms with E-state index < -0.39 is 17.2 Å². The van der Waals surface area contributed by atoms with Gasteiger partial charge >= 0.3 is 5.97 Å². The Hall–Kier alpha value is -2.41. The number of aromatic carboxylic acids is 1. The van der Waals surface area contributed by atoms with Gasteiger partial charge in [0.1, 0.15) is 12.2 Å². The lowest BCUT2D eigenvalue weighted by Crippen LogP contribution is -2.19. The molecule has 7 heteroatoms. The predicted molar refractivity (Wildman–Crippen MR) is 77.9 cm³/mol. The van der Waals surface area contributed by atoms with Gasteiger partial charge in [-0.25, -0.2) is 9.18 Å². The number of aromatic nitrogens is 1. The number of rotatable bonds is 5. The number of ether oxygens (including phenoxy) is 1. The van der Waals surface area contributed by atoms with E-state index in [0.29, 0.717) is 5.52 Å². The molecule has 116 valence electrons. The highest BCUT2D eigenvalue weighted by molar-refractivity contribution is 5.93. The number of fused-ring (bicyclic) bond motifs is 1. The van der Waals surface area contributed by atoms with Gasteiger partial charge in [-0.15, -0.1) is 0 Å². The van der Waals surface area contributed by atoms with Crippen molar-refractivity contribution in [3.8, 4) is 5.75 Å². The Morgan fingerprint density at radius 3 is 2.77 bits per heavy atom. The lowest BCUT2D eigenvalue weighted by Gasteiger charge is -2.13. The molecule has 0 spiro atoms. The number of pyridine rings is 1. The van der Waals surface area contributed by atoms with Crippen molar-refractivity contribution in [3.63, 3.8) is 0 Å². The minimum atomic E-state index is -1.31. The smallest absolute Gasteiger partial charge is 0.341 e. The summed E-state index contributed by atoms with van der Waals surface area (Å²) in [5.41, 5.74) is 4.77. The molecule has 1 aliphatic carbocycles. The maximum Gasteiger partial charge on any atom is 0.341 e. The van der Waals surface area contributed by atoms with Gasteiger partial charge in [0, 0.05) is 30.2 Å². The first-order valence-corrected chi connectivity index (χ1v) is 6.97. The van der Waals surface area contributed by atoms with Crippen LogP contribution >= 0.6 is 0 Å². The molecule has 3 N–H and O–H groups in total. The summed E-state index contributed by atoms with van der Waals surface area (Å²) >= 11 is 0. The topological polar surface area (TPSA) is 94.6 Å². The molecule has 1 aromatic heterocycles. The Morgan fingerprint density at radius 1 is 1.45 bits per heavy atom. The van der Waals surface area contributed by atoms with Crippen LogP contribution in [0.15, 0.2) is 23.1 Å². The van der Waals surface area contributed by atoms with E-state index >= 15 is 0 Å². The number of nitrogens with two attached hydrogens (primary N) is 1. The number of hydrogen-bond acceptors (Lipinski definition) is 4. The molecule has 0 amide bonds. The Kier molecular flexibility index (Phi) is 3.58. The number of halogens is 1. The van der Waals surface area contributed by atoms with Crippen molar-refractivity contribution in [2.45, 2.75) is 18.9 Å². The standard InChI is InChI=1S/C15H15FN2O4/c16-11-5-9-12(6-13(11)22-4-3-17)18(8-1-2-8)7-10(14(9)19)15(20)21/h5-8H,1-4,17H2,(H,20,21). The van der Waals surface area contributed by atoms with Gasteiger partial charge in [-0.2, -0.15) is 0 Å². The van der Waals surface area contributed by atoms with E-state index in [1.54, 1.807) is 4.57 Å². The first-order valence-electron chi connectivity index (χ1n) is 6.97. The molecule has 1 heterocycles. The zero-order chi connectivity index (χ0) is 15.9. The molecule has 0 bridgehead atoms. The first kappa shape index (κ1) is 14.5. The normalized spacial score (nSPS) is 14.3. The highest BCUT2D eigenvalue weighted by atomic mass is 19.1. The Labute approximate surface area is 124 Å². The molecule has 0 atom stereocenters. The summed E-state index contributed by atoms with van der Waals surface area (Å²) in [6.07, 6.45) is 3.12. The lowest BCUT2D eigenvalue weighted by atomic mass is 10.1. The molecular weight excluding hydrogens is 291 g/mol. The number of nitrogens with zero attached hydrogens (tertiary/aromatic N) is 1. The third-order valence-corrected chi connectivity index (χ3v) is 3.63. The summed E-state index contributed by atoms with van der Waals surface area (Å²) < 4.78 is 21.0. The van der Waals surface area contributed by atoms with Crippen LogP contribution in [0.4, 0.5) is 4.39 Å². The van der Waals surface area contributed by atoms with Gasteiger partial charge in [-0.1, -0.05) is 0 Å². The van der Waals surface area contributed by atoms with Gasteiger partial charge in [-0.05, 0) is 18.9 Å². The summed E-state index contributed by atoms with van der Waals surface area (Å²) in [6.45, 7) is 0.397. The molecule has 2 aromatic rings. The van der Waals surface area contributed by atoms with E-state index in [4.69, 9.17) is 15.6 Å². The quantitative estimate of drug-likeness (QED) is 0.873. The highest BCUT2D eigenvalue weighted by Gasteiger charge is 2.27. The number of hydrogen-bond donors (Lipinski definition) is 2. The first-order chi connectivity index (χ1) is 10.5. The zero-order valence-corrected chi connectivity index (χ0v) is 11.7. The van der Waals surface area contributed by atoms with Gasteiger partial charge in [-0.3, -0.25) is 4.79 Å². The van der Waals surface area contributed by atoms with E-state index in [-0.39, 0.29) is 35.9 Å². The Bertz CT molecular complexity index is 811. The van der Waals surface area contributed by atoms with E-state index in [1.165, 1.54) is 12.3 Å². The largest absolute Gasteiger partial charge is 0.489 e. The van der Waals surface area contributed by atoms with Crippen LogP contribution in [0.25, 0.3) is 10.9 Å². The average Bonchev–Trinajstić information content (AvgIpc) is 3.30. The fraction of sp³-hybridized carbons (Fsp3) is 0.333. The summed E-state index contributed by atoms with van der Waals surface area (Å²) in [4.78, 5) is 23.4. The maximum atomic E-state index is 14.0. The number of benzene rings is 1. The van der Waals surface area contributed by atoms with E-state index in [1.807, 2.05) is 0 Å². The van der Waals surface area contributed by atoms with Crippen molar-refractivity contribution in [1.29, 1.82) is 0 Å². The van der Waals surface area contributed by atoms with Crippen LogP contribution in [-0.2, 0) is 0 Å². The summed E-state index contributed by atoms with van der Waals surface area (Å²) in [5, 5.41) is 9.19. The monoisotopic (exact) mass is 306 g/mol. The molecule has 0 radical (unpaired) electrons. The van der Waals surface area contributed by atoms with Gasteiger partial charge in [0.15, 0.2) is 11.6 Å². The molecule has 1 aromatic carbocycles. The number of carboxylic acid groups (broad SMARTS) is 1. The second-order valence-electron chi connectivity index (χ2n) is 5.25. The Morgan fingerprint density at radius 2 is 2.18 bits per heavy atom. The van der Waals surface area contributed by atoms with Gasteiger partial charge in [0.25, 0.3) is 0 Å². The molecule has 0 aliphatic heterocycles. The van der Waals surface area contributed by atoms with Crippen LogP contribution in [-0.4, -0.2) is 28.8 Å². The SMILES string of the molecule is NCCOc1cc2c(cc1F)c(=O)c(C(=O)O)cn2C1CC1. The molecular formula is C15H15FN2O4. The Balaban J connectivity index is 2.27. The average molecular weight is 306 g/mol. The zero-order valence-electron chi connectivity index (χ0n) is 11.7. The van der Waals surface area contributed by atoms with Crippen LogP contribution in [0.5, 0.6) is 5.75 Å². The van der Waals surface area contributed by atoms with E-state index in [9.17, 15) is 14.0 Å². The molecule has 1 fully saturated rings. The predicted octanol–water partition coefficient (Wildman–Crippen LogP) is 1.51. The molecule has 6 nitrogen and oxygen atoms in total. The molecule has 1 saturated carbocycles. The van der Waals surface area contributed by atoms with Crippen molar-refractivity contribution >= 4 is 16.9 Å². The summed E-state index contributed by atoms with van der Waals surface area (Å²) in [7, 11) is 0. The van der Waals surface area contributed by atoms with Gasteiger partial charge in [0.2, 0.25) is 5.43 Å². The maximum absolute atomic E-state index is 14.0. The fourth-order valence-corrected chi connectivity index (χ4v) is 2.44. The van der Waals surface area contributed by atoms with E-state index in [2.05, 4.69) is 0 Å². The molecule has 0 saturated heterocycles. The highest BCUT2D eigenvalue weighted by Crippen LogP contribution is 2.38. The third-order valence-electron chi connectivity index (χ3n) is 3.63. The van der Waals surface area contributed by atoms with Crippen LogP contribution in [0.2, 0.25) is 0 Å². The molecule has 22 heavy (non-hydrogen) atoms. The van der Waals surface area contributed by atoms with Crippen molar-refractivity contribution in [2.75, 3.05) is 13.2 Å². The van der Waals surface area contributed by atoms with Gasteiger partial charge in [0.05, 0.1) is 5.52 Å². The molecule has 1 aliphatic rings. The third kappa shape index (κ3) is 2.43. The van der Waals surface area contributed by atoms with Crippen molar-refractivity contribution in [1.82, 2.24) is 4.57 Å². The van der Waals surface area contributed by atoms with Crippen molar-refractivity contribution in [2.24, 2.45) is 5.73 Å². The van der Waals surface area contributed by atoms with Crippen molar-refractivity contribution < 1.29 is 19.0 Å².